The van der Waals surface area contributed by atoms with Gasteiger partial charge in [0.25, 0.3) is 0 Å². The van der Waals surface area contributed by atoms with Crippen molar-refractivity contribution in [2.75, 3.05) is 0 Å². The molecule has 0 aliphatic heterocycles. The fraction of sp³-hybridized carbons (Fsp3) is 0.938. The van der Waals surface area contributed by atoms with E-state index >= 15 is 0 Å². The van der Waals surface area contributed by atoms with Crippen molar-refractivity contribution in [2.45, 2.75) is 70.8 Å². The van der Waals surface area contributed by atoms with E-state index in [2.05, 4.69) is 19.2 Å². The highest BCUT2D eigenvalue weighted by atomic mass is 16.2. The first kappa shape index (κ1) is 11.3. The van der Waals surface area contributed by atoms with E-state index in [1.54, 1.807) is 0 Å². The average molecular weight is 247 g/mol. The van der Waals surface area contributed by atoms with Gasteiger partial charge in [0.05, 0.1) is 0 Å². The summed E-state index contributed by atoms with van der Waals surface area (Å²) in [4.78, 5) is 12.2. The van der Waals surface area contributed by atoms with Crippen LogP contribution in [0.25, 0.3) is 0 Å². The largest absolute Gasteiger partial charge is 0.350 e. The third-order valence-electron chi connectivity index (χ3n) is 5.96. The van der Waals surface area contributed by atoms with Gasteiger partial charge in [0.15, 0.2) is 0 Å². The smallest absolute Gasteiger partial charge is 0.223 e. The predicted molar refractivity (Wildman–Crippen MR) is 71.0 cm³/mol. The summed E-state index contributed by atoms with van der Waals surface area (Å²) in [5.74, 6) is 1.60. The van der Waals surface area contributed by atoms with Gasteiger partial charge in [0.1, 0.15) is 0 Å². The van der Waals surface area contributed by atoms with Gasteiger partial charge in [-0.25, -0.2) is 0 Å². The van der Waals surface area contributed by atoms with Gasteiger partial charge in [-0.1, -0.05) is 13.8 Å². The van der Waals surface area contributed by atoms with Crippen LogP contribution in [0.4, 0.5) is 0 Å². The highest BCUT2D eigenvalue weighted by Gasteiger charge is 2.60. The van der Waals surface area contributed by atoms with Gasteiger partial charge in [0, 0.05) is 11.5 Å². The Morgan fingerprint density at radius 1 is 1.00 bits per heavy atom. The van der Waals surface area contributed by atoms with Crippen LogP contribution < -0.4 is 5.32 Å². The standard InChI is InChI=1S/C16H25NO/c1-14-5-11-6-15(2,8-14)10-16(7-11,9-14)17-13(18)12-3-4-12/h11-12H,3-10H2,1-2H3,(H,17,18)/t11?,14-,15-,16?/m1/s1. The molecule has 2 nitrogen and oxygen atoms in total. The summed E-state index contributed by atoms with van der Waals surface area (Å²) in [7, 11) is 0. The Morgan fingerprint density at radius 2 is 1.61 bits per heavy atom. The Kier molecular flexibility index (Phi) is 1.97. The van der Waals surface area contributed by atoms with E-state index in [4.69, 9.17) is 0 Å². The van der Waals surface area contributed by atoms with E-state index < -0.39 is 0 Å². The first-order valence-electron chi connectivity index (χ1n) is 7.72. The van der Waals surface area contributed by atoms with Crippen molar-refractivity contribution in [1.82, 2.24) is 5.32 Å². The molecule has 0 heterocycles. The zero-order chi connectivity index (χ0) is 12.6. The van der Waals surface area contributed by atoms with Crippen LogP contribution >= 0.6 is 0 Å². The summed E-state index contributed by atoms with van der Waals surface area (Å²) in [6.07, 6.45) is 10.2. The van der Waals surface area contributed by atoms with Gasteiger partial charge in [-0.3, -0.25) is 4.79 Å². The number of carbonyl (C=O) groups excluding carboxylic acids is 1. The predicted octanol–water partition coefficient (Wildman–Crippen LogP) is 3.26. The SMILES string of the molecule is C[C@]12CC3CC(NC(=O)C4CC4)(C1)C[C@](C)(C3)C2. The van der Waals surface area contributed by atoms with Crippen LogP contribution in [0.3, 0.4) is 0 Å². The van der Waals surface area contributed by atoms with E-state index in [-0.39, 0.29) is 5.54 Å². The molecule has 5 saturated carbocycles. The maximum atomic E-state index is 12.2. The van der Waals surface area contributed by atoms with Crippen molar-refractivity contribution >= 4 is 5.91 Å². The molecular weight excluding hydrogens is 222 g/mol. The number of amides is 1. The Hall–Kier alpha value is -0.530. The van der Waals surface area contributed by atoms with Crippen molar-refractivity contribution in [1.29, 1.82) is 0 Å². The van der Waals surface area contributed by atoms with Gasteiger partial charge >= 0.3 is 0 Å². The van der Waals surface area contributed by atoms with Gasteiger partial charge in [-0.15, -0.1) is 0 Å². The van der Waals surface area contributed by atoms with Crippen LogP contribution in [0, 0.1) is 22.7 Å². The highest BCUT2D eigenvalue weighted by Crippen LogP contribution is 2.66. The quantitative estimate of drug-likeness (QED) is 0.797. The van der Waals surface area contributed by atoms with Crippen LogP contribution in [-0.2, 0) is 4.79 Å². The van der Waals surface area contributed by atoms with Crippen molar-refractivity contribution in [2.24, 2.45) is 22.7 Å². The summed E-state index contributed by atoms with van der Waals surface area (Å²) in [6.45, 7) is 4.93. The molecule has 0 saturated heterocycles. The minimum absolute atomic E-state index is 0.169. The molecule has 1 N–H and O–H groups in total. The summed E-state index contributed by atoms with van der Waals surface area (Å²) in [6, 6.07) is 0. The zero-order valence-corrected chi connectivity index (χ0v) is 11.7. The molecule has 100 valence electrons. The second-order valence-corrected chi connectivity index (χ2v) is 8.67. The van der Waals surface area contributed by atoms with Crippen LogP contribution in [-0.4, -0.2) is 11.4 Å². The molecule has 2 atom stereocenters. The van der Waals surface area contributed by atoms with Crippen LogP contribution in [0.1, 0.15) is 65.2 Å². The number of nitrogens with one attached hydrogen (secondary N) is 1. The van der Waals surface area contributed by atoms with Crippen molar-refractivity contribution in [3.63, 3.8) is 0 Å². The summed E-state index contributed by atoms with van der Waals surface area (Å²) in [5.41, 5.74) is 1.18. The molecule has 0 radical (unpaired) electrons. The lowest BCUT2D eigenvalue weighted by Gasteiger charge is -2.65. The highest BCUT2D eigenvalue weighted by molar-refractivity contribution is 5.81. The molecule has 0 aromatic rings. The third kappa shape index (κ3) is 1.64. The van der Waals surface area contributed by atoms with Crippen LogP contribution in [0.5, 0.6) is 0 Å². The van der Waals surface area contributed by atoms with Crippen LogP contribution in [0.15, 0.2) is 0 Å². The molecule has 18 heavy (non-hydrogen) atoms. The molecule has 4 bridgehead atoms. The fourth-order valence-corrected chi connectivity index (χ4v) is 6.30. The maximum absolute atomic E-state index is 12.2. The molecule has 0 spiro atoms. The summed E-state index contributed by atoms with van der Waals surface area (Å²) >= 11 is 0. The Labute approximate surface area is 110 Å². The van der Waals surface area contributed by atoms with E-state index in [1.807, 2.05) is 0 Å². The lowest BCUT2D eigenvalue weighted by Crippen LogP contribution is -2.65. The summed E-state index contributed by atoms with van der Waals surface area (Å²) < 4.78 is 0. The molecular formula is C16H25NO. The van der Waals surface area contributed by atoms with Gasteiger partial charge in [-0.05, 0) is 68.1 Å². The molecule has 5 aliphatic carbocycles. The number of rotatable bonds is 2. The summed E-state index contributed by atoms with van der Waals surface area (Å²) in [5, 5.41) is 3.50. The number of hydrogen-bond donors (Lipinski definition) is 1. The average Bonchev–Trinajstić information content (AvgIpc) is 2.91. The first-order valence-corrected chi connectivity index (χ1v) is 7.72. The minimum Gasteiger partial charge on any atom is -0.350 e. The molecule has 5 rings (SSSR count). The molecule has 2 heteroatoms. The Morgan fingerprint density at radius 3 is 2.11 bits per heavy atom. The molecule has 5 aliphatic rings. The third-order valence-corrected chi connectivity index (χ3v) is 5.96. The number of carbonyl (C=O) groups is 1. The second kappa shape index (κ2) is 3.13. The Bertz CT molecular complexity index is 393. The molecule has 0 aromatic heterocycles. The van der Waals surface area contributed by atoms with E-state index in [0.717, 1.165) is 18.8 Å². The monoisotopic (exact) mass is 247 g/mol. The van der Waals surface area contributed by atoms with E-state index in [9.17, 15) is 4.79 Å². The lowest BCUT2D eigenvalue weighted by molar-refractivity contribution is -0.140. The maximum Gasteiger partial charge on any atom is 0.223 e. The molecule has 1 amide bonds. The van der Waals surface area contributed by atoms with Gasteiger partial charge in [0.2, 0.25) is 5.91 Å². The normalized spacial score (nSPS) is 53.6. The van der Waals surface area contributed by atoms with Crippen molar-refractivity contribution in [3.8, 4) is 0 Å². The van der Waals surface area contributed by atoms with E-state index in [1.165, 1.54) is 38.5 Å². The van der Waals surface area contributed by atoms with E-state index in [0.29, 0.717) is 22.7 Å². The van der Waals surface area contributed by atoms with Crippen molar-refractivity contribution in [3.05, 3.63) is 0 Å². The van der Waals surface area contributed by atoms with Crippen molar-refractivity contribution < 1.29 is 4.79 Å². The fourth-order valence-electron chi connectivity index (χ4n) is 6.30. The topological polar surface area (TPSA) is 29.1 Å². The zero-order valence-electron chi connectivity index (χ0n) is 11.7. The minimum atomic E-state index is 0.169. The van der Waals surface area contributed by atoms with Gasteiger partial charge < -0.3 is 5.32 Å². The van der Waals surface area contributed by atoms with Gasteiger partial charge in [-0.2, -0.15) is 0 Å². The molecule has 5 fully saturated rings. The lowest BCUT2D eigenvalue weighted by atomic mass is 9.43. The Balaban J connectivity index is 1.62. The second-order valence-electron chi connectivity index (χ2n) is 8.67. The van der Waals surface area contributed by atoms with Crippen LogP contribution in [0.2, 0.25) is 0 Å². The number of hydrogen-bond acceptors (Lipinski definition) is 1. The first-order chi connectivity index (χ1) is 8.40. The molecule has 0 unspecified atom stereocenters. The molecule has 0 aromatic carbocycles.